The largest absolute Gasteiger partial charge is 0.384 e. The Morgan fingerprint density at radius 1 is 1.30 bits per heavy atom. The summed E-state index contributed by atoms with van der Waals surface area (Å²) in [5, 5.41) is 3.18. The molecule has 2 aliphatic heterocycles. The Labute approximate surface area is 135 Å². The number of nitrogens with two attached hydrogens (primary N) is 1. The molecule has 7 heteroatoms. The van der Waals surface area contributed by atoms with E-state index in [-0.39, 0.29) is 18.7 Å². The molecule has 0 atom stereocenters. The van der Waals surface area contributed by atoms with Crippen LogP contribution in [0.25, 0.3) is 0 Å². The van der Waals surface area contributed by atoms with E-state index >= 15 is 4.39 Å². The first-order valence-electron chi connectivity index (χ1n) is 8.19. The highest BCUT2D eigenvalue weighted by molar-refractivity contribution is 5.85. The van der Waals surface area contributed by atoms with Gasteiger partial charge in [0.1, 0.15) is 5.82 Å². The zero-order chi connectivity index (χ0) is 16.3. The van der Waals surface area contributed by atoms with Crippen molar-refractivity contribution in [1.29, 1.82) is 0 Å². The molecule has 0 radical (unpaired) electrons. The second-order valence-electron chi connectivity index (χ2n) is 6.37. The van der Waals surface area contributed by atoms with Crippen LogP contribution in [0.15, 0.2) is 18.3 Å². The van der Waals surface area contributed by atoms with Gasteiger partial charge in [-0.1, -0.05) is 0 Å². The number of nitrogens with zero attached hydrogens (tertiary/aromatic N) is 3. The van der Waals surface area contributed by atoms with Gasteiger partial charge in [0.25, 0.3) is 5.91 Å². The Kier molecular flexibility index (Phi) is 4.77. The minimum absolute atomic E-state index is 0.260. The van der Waals surface area contributed by atoms with E-state index in [0.29, 0.717) is 38.5 Å². The summed E-state index contributed by atoms with van der Waals surface area (Å²) in [6, 6.07) is 3.75. The van der Waals surface area contributed by atoms with Crippen molar-refractivity contribution in [2.24, 2.45) is 0 Å². The van der Waals surface area contributed by atoms with E-state index in [1.54, 1.807) is 11.1 Å². The minimum atomic E-state index is -1.70. The number of likely N-dealkylation sites (tertiary alicyclic amines) is 1. The second-order valence-corrected chi connectivity index (χ2v) is 6.37. The summed E-state index contributed by atoms with van der Waals surface area (Å²) in [4.78, 5) is 20.3. The highest BCUT2D eigenvalue weighted by Crippen LogP contribution is 2.29. The molecule has 3 rings (SSSR count). The molecule has 0 bridgehead atoms. The molecule has 1 aromatic rings. The molecule has 23 heavy (non-hydrogen) atoms. The van der Waals surface area contributed by atoms with Crippen LogP contribution in [0, 0.1) is 0 Å². The van der Waals surface area contributed by atoms with Gasteiger partial charge in [-0.25, -0.2) is 9.37 Å². The first-order valence-corrected chi connectivity index (χ1v) is 8.19. The van der Waals surface area contributed by atoms with Crippen LogP contribution in [0.4, 0.5) is 10.2 Å². The molecule has 3 N–H and O–H groups in total. The fourth-order valence-corrected chi connectivity index (χ4v) is 3.28. The number of aromatic nitrogens is 1. The van der Waals surface area contributed by atoms with Gasteiger partial charge in [0.15, 0.2) is 5.67 Å². The third kappa shape index (κ3) is 3.79. The van der Waals surface area contributed by atoms with Gasteiger partial charge in [-0.3, -0.25) is 9.69 Å². The summed E-state index contributed by atoms with van der Waals surface area (Å²) in [6.07, 6.45) is 2.20. The number of amides is 1. The van der Waals surface area contributed by atoms with E-state index in [0.717, 1.165) is 18.7 Å². The number of piperazine rings is 1. The summed E-state index contributed by atoms with van der Waals surface area (Å²) < 4.78 is 15.1. The summed E-state index contributed by atoms with van der Waals surface area (Å²) in [7, 11) is 0. The van der Waals surface area contributed by atoms with Crippen molar-refractivity contribution in [3.8, 4) is 0 Å². The van der Waals surface area contributed by atoms with Crippen LogP contribution in [0.1, 0.15) is 18.4 Å². The van der Waals surface area contributed by atoms with Crippen molar-refractivity contribution in [1.82, 2.24) is 20.1 Å². The van der Waals surface area contributed by atoms with Gasteiger partial charge in [-0.05, 0) is 17.7 Å². The van der Waals surface area contributed by atoms with Gasteiger partial charge in [0.05, 0.1) is 0 Å². The van der Waals surface area contributed by atoms with Crippen LogP contribution < -0.4 is 11.1 Å². The topological polar surface area (TPSA) is 74.5 Å². The molecule has 1 aromatic heterocycles. The van der Waals surface area contributed by atoms with Crippen molar-refractivity contribution in [2.75, 3.05) is 45.0 Å². The SMILES string of the molecule is Nc1cc(CN2CCC(F)(C(=O)N3CCNCC3)CC2)ccn1. The number of anilines is 1. The number of hydrogen-bond acceptors (Lipinski definition) is 5. The van der Waals surface area contributed by atoms with E-state index in [2.05, 4.69) is 15.2 Å². The smallest absolute Gasteiger partial charge is 0.260 e. The van der Waals surface area contributed by atoms with Gasteiger partial charge >= 0.3 is 0 Å². The lowest BCUT2D eigenvalue weighted by Crippen LogP contribution is -2.56. The highest BCUT2D eigenvalue weighted by Gasteiger charge is 2.44. The van der Waals surface area contributed by atoms with E-state index in [9.17, 15) is 4.79 Å². The molecule has 1 amide bonds. The Hall–Kier alpha value is -1.73. The normalized spacial score (nSPS) is 22.0. The quantitative estimate of drug-likeness (QED) is 0.843. The number of carbonyl (C=O) groups excluding carboxylic acids is 1. The maximum atomic E-state index is 15.1. The maximum absolute atomic E-state index is 15.1. The van der Waals surface area contributed by atoms with Gasteiger partial charge < -0.3 is 16.0 Å². The number of rotatable bonds is 3. The second kappa shape index (κ2) is 6.80. The molecular formula is C16H24FN5O. The molecule has 126 valence electrons. The average molecular weight is 321 g/mol. The fraction of sp³-hybridized carbons (Fsp3) is 0.625. The van der Waals surface area contributed by atoms with Crippen molar-refractivity contribution < 1.29 is 9.18 Å². The van der Waals surface area contributed by atoms with Crippen LogP contribution >= 0.6 is 0 Å². The summed E-state index contributed by atoms with van der Waals surface area (Å²) in [6.45, 7) is 4.57. The number of nitrogen functional groups attached to an aromatic ring is 1. The zero-order valence-corrected chi connectivity index (χ0v) is 13.3. The van der Waals surface area contributed by atoms with Gasteiger partial charge in [-0.2, -0.15) is 0 Å². The molecule has 0 aliphatic carbocycles. The number of carbonyl (C=O) groups is 1. The van der Waals surface area contributed by atoms with Crippen LogP contribution in [0.3, 0.4) is 0 Å². The first-order chi connectivity index (χ1) is 11.1. The van der Waals surface area contributed by atoms with E-state index in [1.807, 2.05) is 12.1 Å². The summed E-state index contributed by atoms with van der Waals surface area (Å²) in [5.74, 6) is 0.167. The standard InChI is InChI=1S/C16H24FN5O/c17-16(15(23)22-9-5-19-6-10-22)2-7-21(8-3-16)12-13-1-4-20-14(18)11-13/h1,4,11,19H,2-3,5-10,12H2,(H2,18,20). The molecule has 0 unspecified atom stereocenters. The van der Waals surface area contributed by atoms with Crippen molar-refractivity contribution in [3.63, 3.8) is 0 Å². The number of pyridine rings is 1. The molecule has 0 saturated carbocycles. The highest BCUT2D eigenvalue weighted by atomic mass is 19.1. The summed E-state index contributed by atoms with van der Waals surface area (Å²) in [5.41, 5.74) is 5.05. The third-order valence-electron chi connectivity index (χ3n) is 4.69. The van der Waals surface area contributed by atoms with Crippen LogP contribution in [-0.4, -0.2) is 65.6 Å². The average Bonchev–Trinajstić information content (AvgIpc) is 2.57. The number of piperidine rings is 1. The molecule has 3 heterocycles. The molecule has 6 nitrogen and oxygen atoms in total. The number of hydrogen-bond donors (Lipinski definition) is 2. The van der Waals surface area contributed by atoms with E-state index < -0.39 is 5.67 Å². The van der Waals surface area contributed by atoms with Gasteiger partial charge in [0, 0.05) is 64.9 Å². The Balaban J connectivity index is 1.55. The Bertz CT molecular complexity index is 553. The van der Waals surface area contributed by atoms with Crippen LogP contribution in [0.2, 0.25) is 0 Å². The van der Waals surface area contributed by atoms with Gasteiger partial charge in [-0.15, -0.1) is 0 Å². The maximum Gasteiger partial charge on any atom is 0.260 e. The molecule has 2 aliphatic rings. The lowest BCUT2D eigenvalue weighted by Gasteiger charge is -2.39. The minimum Gasteiger partial charge on any atom is -0.384 e. The van der Waals surface area contributed by atoms with Crippen molar-refractivity contribution >= 4 is 11.7 Å². The number of alkyl halides is 1. The number of halogens is 1. The lowest BCUT2D eigenvalue weighted by molar-refractivity contribution is -0.148. The molecular weight excluding hydrogens is 297 g/mol. The molecule has 0 aromatic carbocycles. The monoisotopic (exact) mass is 321 g/mol. The van der Waals surface area contributed by atoms with Crippen molar-refractivity contribution in [3.05, 3.63) is 23.9 Å². The molecule has 0 spiro atoms. The Morgan fingerprint density at radius 3 is 2.65 bits per heavy atom. The lowest BCUT2D eigenvalue weighted by atomic mass is 9.91. The molecule has 2 fully saturated rings. The zero-order valence-electron chi connectivity index (χ0n) is 13.3. The third-order valence-corrected chi connectivity index (χ3v) is 4.69. The van der Waals surface area contributed by atoms with E-state index in [4.69, 9.17) is 5.73 Å². The predicted octanol–water partition coefficient (Wildman–Crippen LogP) is 0.400. The van der Waals surface area contributed by atoms with Gasteiger partial charge in [0.2, 0.25) is 0 Å². The van der Waals surface area contributed by atoms with E-state index in [1.165, 1.54) is 0 Å². The summed E-state index contributed by atoms with van der Waals surface area (Å²) >= 11 is 0. The molecule has 2 saturated heterocycles. The number of nitrogens with one attached hydrogen (secondary N) is 1. The Morgan fingerprint density at radius 2 is 2.00 bits per heavy atom. The van der Waals surface area contributed by atoms with Crippen molar-refractivity contribution in [2.45, 2.75) is 25.1 Å². The van der Waals surface area contributed by atoms with Crippen LogP contribution in [0.5, 0.6) is 0 Å². The predicted molar refractivity (Wildman–Crippen MR) is 86.4 cm³/mol. The fourth-order valence-electron chi connectivity index (χ4n) is 3.28. The first kappa shape index (κ1) is 16.1. The van der Waals surface area contributed by atoms with Crippen LogP contribution in [-0.2, 0) is 11.3 Å².